The Labute approximate surface area is 79.8 Å². The van der Waals surface area contributed by atoms with Crippen LogP contribution in [0.15, 0.2) is 24.8 Å². The summed E-state index contributed by atoms with van der Waals surface area (Å²) in [5.41, 5.74) is -0.445. The Morgan fingerprint density at radius 1 is 1.36 bits per heavy atom. The van der Waals surface area contributed by atoms with Crippen LogP contribution in [-0.4, -0.2) is 7.11 Å². The van der Waals surface area contributed by atoms with Crippen molar-refractivity contribution in [2.24, 2.45) is 0 Å². The molecule has 0 unspecified atom stereocenters. The molecular weight excluding hydrogens is 193 g/mol. The minimum Gasteiger partial charge on any atom is -0.495 e. The van der Waals surface area contributed by atoms with Gasteiger partial charge in [-0.15, -0.1) is 0 Å². The lowest BCUT2D eigenvalue weighted by Crippen LogP contribution is -2.08. The Bertz CT molecular complexity index is 342. The normalized spacial score (nSPS) is 11.1. The van der Waals surface area contributed by atoms with Crippen molar-refractivity contribution in [3.63, 3.8) is 0 Å². The summed E-state index contributed by atoms with van der Waals surface area (Å²) in [5.74, 6) is -0.185. The molecule has 1 aromatic carbocycles. The molecule has 0 radical (unpaired) electrons. The first-order valence-corrected chi connectivity index (χ1v) is 3.87. The van der Waals surface area contributed by atoms with E-state index in [0.717, 1.165) is 6.07 Å². The molecule has 0 aliphatic heterocycles. The van der Waals surface area contributed by atoms with Crippen molar-refractivity contribution in [3.05, 3.63) is 35.9 Å². The number of ether oxygens (including phenoxy) is 1. The van der Waals surface area contributed by atoms with Gasteiger partial charge in [-0.25, -0.2) is 0 Å². The van der Waals surface area contributed by atoms with Crippen LogP contribution < -0.4 is 4.74 Å². The van der Waals surface area contributed by atoms with Crippen LogP contribution >= 0.6 is 0 Å². The Morgan fingerprint density at radius 2 is 2.00 bits per heavy atom. The monoisotopic (exact) mass is 202 g/mol. The van der Waals surface area contributed by atoms with E-state index in [0.29, 0.717) is 5.56 Å². The molecule has 0 atom stereocenters. The quantitative estimate of drug-likeness (QED) is 0.714. The topological polar surface area (TPSA) is 9.23 Å². The molecule has 0 spiro atoms. The molecule has 0 amide bonds. The molecule has 0 saturated carbocycles. The second kappa shape index (κ2) is 3.74. The number of benzene rings is 1. The summed E-state index contributed by atoms with van der Waals surface area (Å²) < 4.78 is 42.0. The van der Waals surface area contributed by atoms with E-state index >= 15 is 0 Å². The van der Waals surface area contributed by atoms with E-state index in [1.165, 1.54) is 25.3 Å². The van der Waals surface area contributed by atoms with Gasteiger partial charge in [0.05, 0.1) is 12.7 Å². The summed E-state index contributed by atoms with van der Waals surface area (Å²) in [5, 5.41) is 0. The van der Waals surface area contributed by atoms with Gasteiger partial charge in [-0.2, -0.15) is 13.2 Å². The first-order valence-electron chi connectivity index (χ1n) is 3.87. The van der Waals surface area contributed by atoms with Crippen molar-refractivity contribution in [3.8, 4) is 5.75 Å². The highest BCUT2D eigenvalue weighted by molar-refractivity contribution is 5.59. The summed E-state index contributed by atoms with van der Waals surface area (Å²) in [6.07, 6.45) is -3.07. The van der Waals surface area contributed by atoms with Crippen LogP contribution in [0.4, 0.5) is 13.2 Å². The van der Waals surface area contributed by atoms with Gasteiger partial charge in [0.25, 0.3) is 0 Å². The van der Waals surface area contributed by atoms with Gasteiger partial charge in [-0.3, -0.25) is 0 Å². The van der Waals surface area contributed by atoms with Crippen LogP contribution in [-0.2, 0) is 6.18 Å². The smallest absolute Gasteiger partial charge is 0.419 e. The SMILES string of the molecule is C=Cc1cccc(C(F)(F)F)c1OC. The van der Waals surface area contributed by atoms with Crippen LogP contribution in [0.5, 0.6) is 5.75 Å². The molecule has 0 saturated heterocycles. The fourth-order valence-electron chi connectivity index (χ4n) is 1.17. The van der Waals surface area contributed by atoms with Crippen molar-refractivity contribution < 1.29 is 17.9 Å². The first-order chi connectivity index (χ1) is 6.50. The summed E-state index contributed by atoms with van der Waals surface area (Å²) in [6, 6.07) is 3.81. The van der Waals surface area contributed by atoms with Crippen molar-refractivity contribution in [2.75, 3.05) is 7.11 Å². The van der Waals surface area contributed by atoms with E-state index in [2.05, 4.69) is 6.58 Å². The molecular formula is C10H9F3O. The molecule has 0 bridgehead atoms. The number of para-hydroxylation sites is 1. The van der Waals surface area contributed by atoms with E-state index in [1.807, 2.05) is 0 Å². The summed E-state index contributed by atoms with van der Waals surface area (Å²) in [4.78, 5) is 0. The summed E-state index contributed by atoms with van der Waals surface area (Å²) in [7, 11) is 1.21. The number of hydrogen-bond acceptors (Lipinski definition) is 1. The average Bonchev–Trinajstić information content (AvgIpc) is 2.15. The number of alkyl halides is 3. The maximum absolute atomic E-state index is 12.4. The lowest BCUT2D eigenvalue weighted by Gasteiger charge is -2.13. The third-order valence-electron chi connectivity index (χ3n) is 1.77. The van der Waals surface area contributed by atoms with Crippen molar-refractivity contribution >= 4 is 6.08 Å². The van der Waals surface area contributed by atoms with Crippen molar-refractivity contribution in [1.82, 2.24) is 0 Å². The molecule has 1 nitrogen and oxygen atoms in total. The zero-order valence-corrected chi connectivity index (χ0v) is 7.56. The molecule has 1 aromatic rings. The van der Waals surface area contributed by atoms with Crippen LogP contribution in [0.25, 0.3) is 6.08 Å². The molecule has 0 aliphatic rings. The van der Waals surface area contributed by atoms with E-state index in [4.69, 9.17) is 4.74 Å². The molecule has 0 aliphatic carbocycles. The molecule has 0 aromatic heterocycles. The minimum absolute atomic E-state index is 0.185. The zero-order valence-electron chi connectivity index (χ0n) is 7.56. The summed E-state index contributed by atoms with van der Waals surface area (Å²) in [6.45, 7) is 3.42. The number of hydrogen-bond donors (Lipinski definition) is 0. The third-order valence-corrected chi connectivity index (χ3v) is 1.77. The van der Waals surface area contributed by atoms with Crippen molar-refractivity contribution in [1.29, 1.82) is 0 Å². The molecule has 1 rings (SSSR count). The Morgan fingerprint density at radius 3 is 2.43 bits per heavy atom. The zero-order chi connectivity index (χ0) is 10.8. The van der Waals surface area contributed by atoms with Gasteiger partial charge in [-0.1, -0.05) is 24.8 Å². The lowest BCUT2D eigenvalue weighted by atomic mass is 10.1. The van der Waals surface area contributed by atoms with Crippen LogP contribution in [0.2, 0.25) is 0 Å². The summed E-state index contributed by atoms with van der Waals surface area (Å²) >= 11 is 0. The van der Waals surface area contributed by atoms with Crippen LogP contribution in [0.1, 0.15) is 11.1 Å². The predicted molar refractivity (Wildman–Crippen MR) is 48.1 cm³/mol. The van der Waals surface area contributed by atoms with Crippen molar-refractivity contribution in [2.45, 2.75) is 6.18 Å². The number of rotatable bonds is 2. The van der Waals surface area contributed by atoms with E-state index in [1.54, 1.807) is 0 Å². The fraction of sp³-hybridized carbons (Fsp3) is 0.200. The van der Waals surface area contributed by atoms with Gasteiger partial charge in [0.1, 0.15) is 5.75 Å². The van der Waals surface area contributed by atoms with E-state index < -0.39 is 11.7 Å². The lowest BCUT2D eigenvalue weighted by molar-refractivity contribution is -0.138. The highest BCUT2D eigenvalue weighted by Gasteiger charge is 2.34. The van der Waals surface area contributed by atoms with E-state index in [9.17, 15) is 13.2 Å². The van der Waals surface area contributed by atoms with Crippen LogP contribution in [0, 0.1) is 0 Å². The van der Waals surface area contributed by atoms with Gasteiger partial charge in [0.2, 0.25) is 0 Å². The standard InChI is InChI=1S/C10H9F3O/c1-3-7-5-4-6-8(9(7)14-2)10(11,12)13/h3-6H,1H2,2H3. The fourth-order valence-corrected chi connectivity index (χ4v) is 1.17. The highest BCUT2D eigenvalue weighted by atomic mass is 19.4. The third kappa shape index (κ3) is 1.89. The van der Waals surface area contributed by atoms with Gasteiger partial charge in [0.15, 0.2) is 0 Å². The van der Waals surface area contributed by atoms with Gasteiger partial charge in [0, 0.05) is 5.56 Å². The maximum Gasteiger partial charge on any atom is 0.419 e. The molecule has 0 N–H and O–H groups in total. The van der Waals surface area contributed by atoms with Gasteiger partial charge in [-0.05, 0) is 6.07 Å². The maximum atomic E-state index is 12.4. The first kappa shape index (κ1) is 10.6. The molecule has 14 heavy (non-hydrogen) atoms. The number of methoxy groups -OCH3 is 1. The molecule has 0 fully saturated rings. The number of halogens is 3. The molecule has 4 heteroatoms. The second-order valence-electron chi connectivity index (χ2n) is 2.63. The largest absolute Gasteiger partial charge is 0.495 e. The Balaban J connectivity index is 3.36. The molecule has 76 valence electrons. The second-order valence-corrected chi connectivity index (χ2v) is 2.63. The Hall–Kier alpha value is -1.45. The minimum atomic E-state index is -4.40. The predicted octanol–water partition coefficient (Wildman–Crippen LogP) is 3.36. The van der Waals surface area contributed by atoms with Crippen LogP contribution in [0.3, 0.4) is 0 Å². The van der Waals surface area contributed by atoms with Gasteiger partial charge >= 0.3 is 6.18 Å². The van der Waals surface area contributed by atoms with E-state index in [-0.39, 0.29) is 5.75 Å². The highest BCUT2D eigenvalue weighted by Crippen LogP contribution is 2.38. The molecule has 0 heterocycles. The van der Waals surface area contributed by atoms with Gasteiger partial charge < -0.3 is 4.74 Å². The Kier molecular flexibility index (Phi) is 2.84. The average molecular weight is 202 g/mol.